The zero-order valence-electron chi connectivity index (χ0n) is 17.8. The summed E-state index contributed by atoms with van der Waals surface area (Å²) < 4.78 is 73.9. The van der Waals surface area contributed by atoms with E-state index in [1.54, 1.807) is 6.07 Å². The third kappa shape index (κ3) is 4.58. The van der Waals surface area contributed by atoms with Crippen LogP contribution in [0.15, 0.2) is 51.8 Å². The average molecular weight is 578 g/mol. The fourth-order valence-corrected chi connectivity index (χ4v) is 6.39. The van der Waals surface area contributed by atoms with Gasteiger partial charge in [0, 0.05) is 4.47 Å². The highest BCUT2D eigenvalue weighted by Crippen LogP contribution is 2.49. The van der Waals surface area contributed by atoms with Gasteiger partial charge in [0.1, 0.15) is 11.9 Å². The molecule has 0 radical (unpaired) electrons. The van der Waals surface area contributed by atoms with Crippen LogP contribution in [-0.4, -0.2) is 43.2 Å². The van der Waals surface area contributed by atoms with Gasteiger partial charge in [-0.05, 0) is 61.6 Å². The topological polar surface area (TPSA) is 121 Å². The molecule has 1 aliphatic heterocycles. The highest BCUT2D eigenvalue weighted by molar-refractivity contribution is 9.10. The van der Waals surface area contributed by atoms with Crippen molar-refractivity contribution in [1.29, 1.82) is 0 Å². The smallest absolute Gasteiger partial charge is 0.416 e. The van der Waals surface area contributed by atoms with Crippen LogP contribution in [0.5, 0.6) is 5.75 Å². The Balaban J connectivity index is 1.64. The number of benzene rings is 2. The number of ether oxygens (including phenoxy) is 1. The van der Waals surface area contributed by atoms with E-state index in [2.05, 4.69) is 15.9 Å². The Morgan fingerprint density at radius 3 is 2.37 bits per heavy atom. The molecule has 2 aromatic rings. The van der Waals surface area contributed by atoms with Crippen molar-refractivity contribution in [3.63, 3.8) is 0 Å². The zero-order valence-corrected chi connectivity index (χ0v) is 20.2. The Morgan fingerprint density at radius 2 is 1.77 bits per heavy atom. The van der Waals surface area contributed by atoms with Gasteiger partial charge in [-0.2, -0.15) is 13.2 Å². The van der Waals surface area contributed by atoms with Crippen LogP contribution in [-0.2, 0) is 25.8 Å². The number of alkyl halides is 3. The molecule has 4 rings (SSSR count). The minimum absolute atomic E-state index is 0.132. The van der Waals surface area contributed by atoms with E-state index in [0.29, 0.717) is 10.5 Å². The molecule has 1 fully saturated rings. The number of hydrogen-bond donors (Lipinski definition) is 2. The van der Waals surface area contributed by atoms with Crippen LogP contribution >= 0.6 is 15.9 Å². The average Bonchev–Trinajstić information content (AvgIpc) is 2.74. The number of carbonyl (C=O) groups is 2. The van der Waals surface area contributed by atoms with Crippen LogP contribution in [0.3, 0.4) is 0 Å². The van der Waals surface area contributed by atoms with Gasteiger partial charge in [-0.25, -0.2) is 8.42 Å². The largest absolute Gasteiger partial charge is 0.486 e. The van der Waals surface area contributed by atoms with Crippen LogP contribution in [0.4, 0.5) is 18.9 Å². The maximum absolute atomic E-state index is 13.5. The van der Waals surface area contributed by atoms with Gasteiger partial charge < -0.3 is 14.9 Å². The molecule has 35 heavy (non-hydrogen) atoms. The van der Waals surface area contributed by atoms with Crippen molar-refractivity contribution in [1.82, 2.24) is 0 Å². The quantitative estimate of drug-likeness (QED) is 0.488. The number of aliphatic carboxylic acids is 2. The highest BCUT2D eigenvalue weighted by atomic mass is 79.9. The highest BCUT2D eigenvalue weighted by Gasteiger charge is 2.57. The van der Waals surface area contributed by atoms with E-state index in [4.69, 9.17) is 4.74 Å². The van der Waals surface area contributed by atoms with Crippen molar-refractivity contribution in [3.05, 3.63) is 52.5 Å². The van der Waals surface area contributed by atoms with Crippen LogP contribution < -0.4 is 9.04 Å². The number of nitrogens with zero attached hydrogens (tertiary/aromatic N) is 1. The van der Waals surface area contributed by atoms with Gasteiger partial charge in [0.25, 0.3) is 10.0 Å². The summed E-state index contributed by atoms with van der Waals surface area (Å²) in [6, 6.07) is 8.03. The number of anilines is 1. The Morgan fingerprint density at radius 1 is 1.11 bits per heavy atom. The molecule has 188 valence electrons. The molecular formula is C22H19BrF3NO7S. The lowest BCUT2D eigenvalue weighted by Crippen LogP contribution is -2.52. The molecule has 0 amide bonds. The summed E-state index contributed by atoms with van der Waals surface area (Å²) in [4.78, 5) is 22.3. The van der Waals surface area contributed by atoms with Crippen LogP contribution in [0.2, 0.25) is 0 Å². The van der Waals surface area contributed by atoms with Gasteiger partial charge in [0.2, 0.25) is 0 Å². The number of hydrogen-bond acceptors (Lipinski definition) is 5. The molecular weight excluding hydrogens is 559 g/mol. The van der Waals surface area contributed by atoms with E-state index in [1.165, 1.54) is 12.1 Å². The second kappa shape index (κ2) is 8.70. The molecule has 1 aliphatic carbocycles. The molecule has 1 heterocycles. The summed E-state index contributed by atoms with van der Waals surface area (Å²) in [5.41, 5.74) is -2.86. The maximum atomic E-state index is 13.5. The Labute approximate surface area is 206 Å². The second-order valence-electron chi connectivity index (χ2n) is 8.62. The monoisotopic (exact) mass is 577 g/mol. The van der Waals surface area contributed by atoms with Crippen molar-refractivity contribution in [2.75, 3.05) is 10.8 Å². The fourth-order valence-electron chi connectivity index (χ4n) is 4.50. The Kier molecular flexibility index (Phi) is 6.29. The fraction of sp³-hybridized carbons (Fsp3) is 0.364. The standard InChI is InChI=1S/C22H19BrF3NO7S/c23-14-4-5-18-17(8-14)27(35(32,33)16-3-1-2-13(7-16)22(24,25)26)11-15(34-18)6-12-9-21(10-12,19(28)29)20(30)31/h1-5,7-8,12,15H,6,9-11H2,(H,28,29)(H,30,31). The van der Waals surface area contributed by atoms with E-state index in [1.807, 2.05) is 0 Å². The summed E-state index contributed by atoms with van der Waals surface area (Å²) in [5.74, 6) is -3.03. The predicted molar refractivity (Wildman–Crippen MR) is 120 cm³/mol. The molecule has 2 aliphatic rings. The summed E-state index contributed by atoms with van der Waals surface area (Å²) in [7, 11) is -4.44. The van der Waals surface area contributed by atoms with Gasteiger partial charge in [0.15, 0.2) is 5.41 Å². The molecule has 0 bridgehead atoms. The molecule has 13 heteroatoms. The van der Waals surface area contributed by atoms with Crippen molar-refractivity contribution in [2.24, 2.45) is 11.3 Å². The van der Waals surface area contributed by atoms with Crippen LogP contribution in [0, 0.1) is 11.3 Å². The minimum Gasteiger partial charge on any atom is -0.486 e. The first-order valence-electron chi connectivity index (χ1n) is 10.4. The van der Waals surface area contributed by atoms with Crippen molar-refractivity contribution in [2.45, 2.75) is 36.4 Å². The predicted octanol–water partition coefficient (Wildman–Crippen LogP) is 4.38. The zero-order chi connectivity index (χ0) is 25.8. The molecule has 1 unspecified atom stereocenters. The lowest BCUT2D eigenvalue weighted by molar-refractivity contribution is -0.176. The molecule has 0 saturated heterocycles. The number of sulfonamides is 1. The SMILES string of the molecule is O=C(O)C1(C(=O)O)CC(CC2CN(S(=O)(=O)c3cccc(C(F)(F)F)c3)c3cc(Br)ccc3O2)C1. The van der Waals surface area contributed by atoms with E-state index in [0.717, 1.165) is 22.5 Å². The maximum Gasteiger partial charge on any atom is 0.416 e. The summed E-state index contributed by atoms with van der Waals surface area (Å²) in [5, 5.41) is 18.6. The van der Waals surface area contributed by atoms with Crippen LogP contribution in [0.25, 0.3) is 0 Å². The number of carboxylic acid groups (broad SMARTS) is 2. The molecule has 2 aromatic carbocycles. The van der Waals surface area contributed by atoms with Gasteiger partial charge >= 0.3 is 18.1 Å². The number of fused-ring (bicyclic) bond motifs is 1. The minimum atomic E-state index is -4.73. The Bertz CT molecular complexity index is 1280. The van der Waals surface area contributed by atoms with E-state index < -0.39 is 50.1 Å². The molecule has 1 saturated carbocycles. The summed E-state index contributed by atoms with van der Waals surface area (Å²) in [6.45, 7) is -0.244. The lowest BCUT2D eigenvalue weighted by Gasteiger charge is -2.44. The van der Waals surface area contributed by atoms with Gasteiger partial charge in [-0.3, -0.25) is 13.9 Å². The molecule has 1 atom stereocenters. The van der Waals surface area contributed by atoms with Gasteiger partial charge in [-0.1, -0.05) is 22.0 Å². The molecule has 0 spiro atoms. The summed E-state index contributed by atoms with van der Waals surface area (Å²) >= 11 is 3.26. The third-order valence-corrected chi connectivity index (χ3v) is 8.56. The Hall–Kier alpha value is -2.80. The first-order chi connectivity index (χ1) is 16.2. The molecule has 2 N–H and O–H groups in total. The van der Waals surface area contributed by atoms with E-state index >= 15 is 0 Å². The van der Waals surface area contributed by atoms with Gasteiger partial charge in [-0.15, -0.1) is 0 Å². The molecule has 0 aromatic heterocycles. The normalized spacial score (nSPS) is 19.9. The number of halogens is 4. The van der Waals surface area contributed by atoms with Crippen molar-refractivity contribution in [3.8, 4) is 5.75 Å². The number of rotatable bonds is 6. The van der Waals surface area contributed by atoms with Crippen LogP contribution in [0.1, 0.15) is 24.8 Å². The summed E-state index contributed by atoms with van der Waals surface area (Å²) in [6.07, 6.45) is -5.59. The number of carboxylic acids is 2. The lowest BCUT2D eigenvalue weighted by atomic mass is 9.60. The first-order valence-corrected chi connectivity index (χ1v) is 12.6. The first kappa shape index (κ1) is 25.3. The van der Waals surface area contributed by atoms with Crippen molar-refractivity contribution < 1.29 is 46.1 Å². The van der Waals surface area contributed by atoms with Gasteiger partial charge in [0.05, 0.1) is 22.7 Å². The van der Waals surface area contributed by atoms with Crippen molar-refractivity contribution >= 4 is 43.6 Å². The second-order valence-corrected chi connectivity index (χ2v) is 11.4. The van der Waals surface area contributed by atoms with E-state index in [9.17, 15) is 41.4 Å². The molecule has 8 nitrogen and oxygen atoms in total. The van der Waals surface area contributed by atoms with E-state index in [-0.39, 0.29) is 43.2 Å². The third-order valence-electron chi connectivity index (χ3n) is 6.29.